The van der Waals surface area contributed by atoms with Gasteiger partial charge in [0.2, 0.25) is 0 Å². The molecule has 6 nitrogen and oxygen atoms in total. The predicted octanol–water partition coefficient (Wildman–Crippen LogP) is 0.361. The Morgan fingerprint density at radius 2 is 1.86 bits per heavy atom. The molecular formula is C14H19NO5S. The van der Waals surface area contributed by atoms with E-state index in [4.69, 9.17) is 0 Å². The summed E-state index contributed by atoms with van der Waals surface area (Å²) in [6.45, 7) is 1.21. The van der Waals surface area contributed by atoms with E-state index in [0.29, 0.717) is 25.9 Å². The third-order valence-corrected chi connectivity index (χ3v) is 5.54. The lowest BCUT2D eigenvalue weighted by Crippen LogP contribution is -2.46. The molecule has 2 rings (SSSR count). The molecule has 0 spiro atoms. The summed E-state index contributed by atoms with van der Waals surface area (Å²) in [5.41, 5.74) is -0.900. The molecule has 0 bridgehead atoms. The summed E-state index contributed by atoms with van der Waals surface area (Å²) in [5.74, 6) is -0.824. The summed E-state index contributed by atoms with van der Waals surface area (Å²) < 4.78 is 29.3. The maximum atomic E-state index is 12.4. The predicted molar refractivity (Wildman–Crippen MR) is 76.9 cm³/mol. The first-order valence-electron chi connectivity index (χ1n) is 6.71. The highest BCUT2D eigenvalue weighted by Gasteiger charge is 2.35. The van der Waals surface area contributed by atoms with Crippen molar-refractivity contribution in [1.29, 1.82) is 0 Å². The number of piperidine rings is 1. The van der Waals surface area contributed by atoms with Gasteiger partial charge >= 0.3 is 5.97 Å². The van der Waals surface area contributed by atoms with E-state index in [2.05, 4.69) is 10.1 Å². The maximum Gasteiger partial charge on any atom is 0.337 e. The van der Waals surface area contributed by atoms with Crippen LogP contribution in [0.2, 0.25) is 0 Å². The molecule has 1 saturated heterocycles. The molecule has 0 amide bonds. The number of esters is 1. The molecule has 0 atom stereocenters. The Morgan fingerprint density at radius 1 is 1.29 bits per heavy atom. The minimum atomic E-state index is -3.60. The summed E-state index contributed by atoms with van der Waals surface area (Å²) in [6, 6.07) is 5.55. The first-order chi connectivity index (χ1) is 9.86. The van der Waals surface area contributed by atoms with Crippen LogP contribution in [0, 0.1) is 0 Å². The Labute approximate surface area is 124 Å². The van der Waals surface area contributed by atoms with E-state index in [-0.39, 0.29) is 16.2 Å². The molecule has 0 saturated carbocycles. The number of sulfone groups is 1. The molecule has 0 aromatic heterocycles. The highest BCUT2D eigenvalue weighted by atomic mass is 32.2. The average molecular weight is 313 g/mol. The number of rotatable bonds is 4. The molecule has 21 heavy (non-hydrogen) atoms. The molecule has 116 valence electrons. The van der Waals surface area contributed by atoms with Crippen molar-refractivity contribution in [2.24, 2.45) is 0 Å². The van der Waals surface area contributed by atoms with Gasteiger partial charge in [-0.05, 0) is 50.2 Å². The lowest BCUT2D eigenvalue weighted by Gasteiger charge is -2.32. The van der Waals surface area contributed by atoms with Crippen molar-refractivity contribution in [3.05, 3.63) is 29.8 Å². The summed E-state index contributed by atoms with van der Waals surface area (Å²) >= 11 is 0. The fourth-order valence-electron chi connectivity index (χ4n) is 2.39. The number of methoxy groups -OCH3 is 1. The van der Waals surface area contributed by atoms with Gasteiger partial charge in [0.05, 0.1) is 28.9 Å². The smallest absolute Gasteiger partial charge is 0.337 e. The second kappa shape index (κ2) is 6.13. The van der Waals surface area contributed by atoms with Gasteiger partial charge in [-0.3, -0.25) is 0 Å². The van der Waals surface area contributed by atoms with Crippen LogP contribution in [0.3, 0.4) is 0 Å². The summed E-state index contributed by atoms with van der Waals surface area (Å²) in [5, 5.41) is 13.4. The highest BCUT2D eigenvalue weighted by molar-refractivity contribution is 7.91. The largest absolute Gasteiger partial charge is 0.465 e. The third-order valence-electron chi connectivity index (χ3n) is 3.63. The zero-order chi connectivity index (χ0) is 15.5. The lowest BCUT2D eigenvalue weighted by molar-refractivity contribution is 0.0323. The van der Waals surface area contributed by atoms with Crippen LogP contribution in [-0.4, -0.2) is 51.0 Å². The van der Waals surface area contributed by atoms with Gasteiger partial charge in [0.15, 0.2) is 9.84 Å². The van der Waals surface area contributed by atoms with Crippen LogP contribution in [0.5, 0.6) is 0 Å². The Morgan fingerprint density at radius 3 is 2.38 bits per heavy atom. The minimum Gasteiger partial charge on any atom is -0.465 e. The molecule has 0 radical (unpaired) electrons. The monoisotopic (exact) mass is 313 g/mol. The van der Waals surface area contributed by atoms with Gasteiger partial charge < -0.3 is 15.2 Å². The zero-order valence-corrected chi connectivity index (χ0v) is 12.6. The number of hydrogen-bond donors (Lipinski definition) is 2. The van der Waals surface area contributed by atoms with E-state index < -0.39 is 21.4 Å². The number of benzene rings is 1. The number of carbonyl (C=O) groups excluding carboxylic acids is 1. The van der Waals surface area contributed by atoms with Crippen molar-refractivity contribution in [3.8, 4) is 0 Å². The van der Waals surface area contributed by atoms with E-state index in [1.54, 1.807) is 0 Å². The van der Waals surface area contributed by atoms with Gasteiger partial charge in [0.25, 0.3) is 0 Å². The average Bonchev–Trinajstić information content (AvgIpc) is 2.46. The van der Waals surface area contributed by atoms with Crippen molar-refractivity contribution in [2.45, 2.75) is 23.3 Å². The SMILES string of the molecule is COC(=O)c1ccc(S(=O)(=O)CC2(O)CCNCC2)cc1. The second-order valence-corrected chi connectivity index (χ2v) is 7.24. The second-order valence-electron chi connectivity index (χ2n) is 5.25. The molecule has 0 aliphatic carbocycles. The standard InChI is InChI=1S/C14H19NO5S/c1-20-13(16)11-2-4-12(5-3-11)21(18,19)10-14(17)6-8-15-9-7-14/h2-5,15,17H,6-10H2,1H3. The van der Waals surface area contributed by atoms with Crippen molar-refractivity contribution in [1.82, 2.24) is 5.32 Å². The molecular weight excluding hydrogens is 294 g/mol. The molecule has 1 fully saturated rings. The third kappa shape index (κ3) is 3.81. The number of nitrogens with one attached hydrogen (secondary N) is 1. The molecule has 1 aliphatic heterocycles. The molecule has 1 aromatic rings. The highest BCUT2D eigenvalue weighted by Crippen LogP contribution is 2.24. The molecule has 1 aliphatic rings. The van der Waals surface area contributed by atoms with Gasteiger partial charge in [-0.15, -0.1) is 0 Å². The summed E-state index contributed by atoms with van der Waals surface area (Å²) in [6.07, 6.45) is 0.818. The lowest BCUT2D eigenvalue weighted by atomic mass is 9.95. The number of carbonyl (C=O) groups is 1. The minimum absolute atomic E-state index is 0.0992. The fourth-order valence-corrected chi connectivity index (χ4v) is 4.10. The Balaban J connectivity index is 2.17. The zero-order valence-electron chi connectivity index (χ0n) is 11.8. The quantitative estimate of drug-likeness (QED) is 0.780. The van der Waals surface area contributed by atoms with Crippen LogP contribution in [-0.2, 0) is 14.6 Å². The van der Waals surface area contributed by atoms with Gasteiger partial charge in [-0.1, -0.05) is 0 Å². The van der Waals surface area contributed by atoms with Crippen molar-refractivity contribution in [2.75, 3.05) is 26.0 Å². The summed E-state index contributed by atoms with van der Waals surface area (Å²) in [4.78, 5) is 11.4. The van der Waals surface area contributed by atoms with E-state index in [1.807, 2.05) is 0 Å². The van der Waals surface area contributed by atoms with E-state index in [0.717, 1.165) is 0 Å². The van der Waals surface area contributed by atoms with Gasteiger partial charge in [-0.25, -0.2) is 13.2 Å². The van der Waals surface area contributed by atoms with Crippen LogP contribution in [0.4, 0.5) is 0 Å². The van der Waals surface area contributed by atoms with E-state index >= 15 is 0 Å². The number of aliphatic hydroxyl groups is 1. The van der Waals surface area contributed by atoms with Crippen molar-refractivity contribution >= 4 is 15.8 Å². The fraction of sp³-hybridized carbons (Fsp3) is 0.500. The van der Waals surface area contributed by atoms with E-state index in [9.17, 15) is 18.3 Å². The van der Waals surface area contributed by atoms with Crippen LogP contribution in [0.15, 0.2) is 29.2 Å². The van der Waals surface area contributed by atoms with Crippen LogP contribution in [0.25, 0.3) is 0 Å². The van der Waals surface area contributed by atoms with Gasteiger partial charge in [0, 0.05) is 0 Å². The van der Waals surface area contributed by atoms with E-state index in [1.165, 1.54) is 31.4 Å². The molecule has 1 aromatic carbocycles. The van der Waals surface area contributed by atoms with Crippen LogP contribution >= 0.6 is 0 Å². The van der Waals surface area contributed by atoms with Gasteiger partial charge in [0.1, 0.15) is 0 Å². The molecule has 7 heteroatoms. The number of hydrogen-bond acceptors (Lipinski definition) is 6. The van der Waals surface area contributed by atoms with Crippen LogP contribution in [0.1, 0.15) is 23.2 Å². The maximum absolute atomic E-state index is 12.4. The summed E-state index contributed by atoms with van der Waals surface area (Å²) in [7, 11) is -2.33. The normalized spacial score (nSPS) is 18.2. The Kier molecular flexibility index (Phi) is 4.65. The molecule has 1 heterocycles. The van der Waals surface area contributed by atoms with Crippen molar-refractivity contribution < 1.29 is 23.1 Å². The van der Waals surface area contributed by atoms with Gasteiger partial charge in [-0.2, -0.15) is 0 Å². The van der Waals surface area contributed by atoms with Crippen LogP contribution < -0.4 is 5.32 Å². The molecule has 2 N–H and O–H groups in total. The Bertz CT molecular complexity index is 603. The topological polar surface area (TPSA) is 92.7 Å². The first-order valence-corrected chi connectivity index (χ1v) is 8.36. The molecule has 0 unspecified atom stereocenters. The van der Waals surface area contributed by atoms with Crippen molar-refractivity contribution in [3.63, 3.8) is 0 Å². The number of ether oxygens (including phenoxy) is 1. The Hall–Kier alpha value is -1.44. The first kappa shape index (κ1) is 15.9.